The molecule has 66 valence electrons. The van der Waals surface area contributed by atoms with Crippen LogP contribution in [0.25, 0.3) is 0 Å². The van der Waals surface area contributed by atoms with Crippen molar-refractivity contribution in [2.45, 2.75) is 46.1 Å². The first-order chi connectivity index (χ1) is 5.33. The van der Waals surface area contributed by atoms with Crippen molar-refractivity contribution < 1.29 is 4.74 Å². The first-order valence-corrected chi connectivity index (χ1v) is 4.95. The summed E-state index contributed by atoms with van der Waals surface area (Å²) < 4.78 is 5.65. The number of hydrogen-bond donors (Lipinski definition) is 0. The fraction of sp³-hybridized carbons (Fsp3) is 1.00. The van der Waals surface area contributed by atoms with Crippen LogP contribution in [0.1, 0.15) is 40.0 Å². The van der Waals surface area contributed by atoms with Crippen molar-refractivity contribution in [3.8, 4) is 0 Å². The Kier molecular flexibility index (Phi) is 3.38. The molecule has 1 fully saturated rings. The van der Waals surface area contributed by atoms with Crippen LogP contribution in [-0.2, 0) is 4.74 Å². The second-order valence-corrected chi connectivity index (χ2v) is 3.47. The summed E-state index contributed by atoms with van der Waals surface area (Å²) in [5, 5.41) is 0. The van der Waals surface area contributed by atoms with E-state index in [4.69, 9.17) is 4.74 Å². The Morgan fingerprint density at radius 2 is 2.09 bits per heavy atom. The number of rotatable bonds is 5. The molecule has 0 aliphatic heterocycles. The summed E-state index contributed by atoms with van der Waals surface area (Å²) >= 11 is 0. The minimum atomic E-state index is 0.560. The monoisotopic (exact) mass is 156 g/mol. The van der Waals surface area contributed by atoms with E-state index in [-0.39, 0.29) is 0 Å². The molecule has 3 unspecified atom stereocenters. The third-order valence-corrected chi connectivity index (χ3v) is 2.76. The Morgan fingerprint density at radius 1 is 1.36 bits per heavy atom. The molecule has 1 rings (SSSR count). The second-order valence-electron chi connectivity index (χ2n) is 3.47. The Balaban J connectivity index is 2.22. The molecule has 0 aromatic rings. The predicted octanol–water partition coefficient (Wildman–Crippen LogP) is 2.85. The van der Waals surface area contributed by atoms with Gasteiger partial charge in [-0.3, -0.25) is 0 Å². The molecule has 0 radical (unpaired) electrons. The van der Waals surface area contributed by atoms with Crippen molar-refractivity contribution in [3.05, 3.63) is 0 Å². The molecule has 0 spiro atoms. The lowest BCUT2D eigenvalue weighted by molar-refractivity contribution is 0.0406. The average Bonchev–Trinajstić information content (AvgIpc) is 2.79. The largest absolute Gasteiger partial charge is 0.378 e. The topological polar surface area (TPSA) is 9.23 Å². The molecule has 1 nitrogen and oxygen atoms in total. The van der Waals surface area contributed by atoms with Gasteiger partial charge in [-0.1, -0.05) is 20.3 Å². The van der Waals surface area contributed by atoms with E-state index in [1.54, 1.807) is 0 Å². The van der Waals surface area contributed by atoms with Gasteiger partial charge < -0.3 is 4.74 Å². The highest BCUT2D eigenvalue weighted by Crippen LogP contribution is 2.45. The zero-order chi connectivity index (χ0) is 8.27. The van der Waals surface area contributed by atoms with E-state index in [0.717, 1.165) is 18.4 Å². The lowest BCUT2D eigenvalue weighted by atomic mass is 10.1. The molecule has 1 aliphatic rings. The third kappa shape index (κ3) is 2.19. The molecule has 0 saturated heterocycles. The van der Waals surface area contributed by atoms with Crippen LogP contribution in [-0.4, -0.2) is 12.7 Å². The standard InChI is InChI=1S/C10H20O/c1-4-8-7-9(8)10(5-2)11-6-3/h8-10H,4-7H2,1-3H3. The minimum Gasteiger partial charge on any atom is -0.378 e. The molecule has 1 aliphatic carbocycles. The molecule has 0 amide bonds. The van der Waals surface area contributed by atoms with Crippen LogP contribution in [0.2, 0.25) is 0 Å². The zero-order valence-electron chi connectivity index (χ0n) is 7.97. The Hall–Kier alpha value is -0.0400. The highest BCUT2D eigenvalue weighted by molar-refractivity contribution is 4.90. The third-order valence-electron chi connectivity index (χ3n) is 2.76. The van der Waals surface area contributed by atoms with Crippen molar-refractivity contribution in [3.63, 3.8) is 0 Å². The van der Waals surface area contributed by atoms with E-state index in [9.17, 15) is 0 Å². The van der Waals surface area contributed by atoms with Gasteiger partial charge in [-0.25, -0.2) is 0 Å². The van der Waals surface area contributed by atoms with Crippen LogP contribution in [0.4, 0.5) is 0 Å². The van der Waals surface area contributed by atoms with Crippen molar-refractivity contribution in [2.75, 3.05) is 6.61 Å². The maximum Gasteiger partial charge on any atom is 0.0603 e. The first kappa shape index (κ1) is 9.05. The SMILES string of the molecule is CCOC(CC)C1CC1CC. The van der Waals surface area contributed by atoms with Gasteiger partial charge in [0.25, 0.3) is 0 Å². The van der Waals surface area contributed by atoms with Crippen LogP contribution < -0.4 is 0 Å². The maximum atomic E-state index is 5.65. The molecule has 0 bridgehead atoms. The highest BCUT2D eigenvalue weighted by Gasteiger charge is 2.40. The van der Waals surface area contributed by atoms with Crippen LogP contribution in [0.5, 0.6) is 0 Å². The Morgan fingerprint density at radius 3 is 2.45 bits per heavy atom. The molecule has 11 heavy (non-hydrogen) atoms. The normalized spacial score (nSPS) is 31.9. The summed E-state index contributed by atoms with van der Waals surface area (Å²) in [6.07, 6.45) is 4.50. The van der Waals surface area contributed by atoms with Crippen LogP contribution in [0.15, 0.2) is 0 Å². The minimum absolute atomic E-state index is 0.560. The fourth-order valence-corrected chi connectivity index (χ4v) is 1.95. The van der Waals surface area contributed by atoms with Gasteiger partial charge in [0, 0.05) is 6.61 Å². The van der Waals surface area contributed by atoms with Gasteiger partial charge in [-0.15, -0.1) is 0 Å². The summed E-state index contributed by atoms with van der Waals surface area (Å²) in [4.78, 5) is 0. The van der Waals surface area contributed by atoms with Gasteiger partial charge in [0.05, 0.1) is 6.10 Å². The predicted molar refractivity (Wildman–Crippen MR) is 47.6 cm³/mol. The summed E-state index contributed by atoms with van der Waals surface area (Å²) in [6, 6.07) is 0. The molecule has 1 saturated carbocycles. The number of hydrogen-bond acceptors (Lipinski definition) is 1. The molecule has 0 aromatic heterocycles. The Bertz CT molecular complexity index is 111. The van der Waals surface area contributed by atoms with Gasteiger partial charge in [0.1, 0.15) is 0 Å². The lowest BCUT2D eigenvalue weighted by Crippen LogP contribution is -2.15. The molecule has 3 atom stereocenters. The summed E-state index contributed by atoms with van der Waals surface area (Å²) in [7, 11) is 0. The summed E-state index contributed by atoms with van der Waals surface area (Å²) in [5.41, 5.74) is 0. The van der Waals surface area contributed by atoms with E-state index in [0.29, 0.717) is 6.10 Å². The molecule has 1 heteroatoms. The lowest BCUT2D eigenvalue weighted by Gasteiger charge is -2.14. The Labute approximate surface area is 70.1 Å². The van der Waals surface area contributed by atoms with Crippen molar-refractivity contribution in [2.24, 2.45) is 11.8 Å². The van der Waals surface area contributed by atoms with Crippen LogP contribution in [0.3, 0.4) is 0 Å². The maximum absolute atomic E-state index is 5.65. The van der Waals surface area contributed by atoms with E-state index in [1.807, 2.05) is 0 Å². The first-order valence-electron chi connectivity index (χ1n) is 4.95. The molecule has 0 heterocycles. The molecular weight excluding hydrogens is 136 g/mol. The van der Waals surface area contributed by atoms with Gasteiger partial charge in [-0.2, -0.15) is 0 Å². The van der Waals surface area contributed by atoms with E-state index >= 15 is 0 Å². The molecule has 0 N–H and O–H groups in total. The van der Waals surface area contributed by atoms with Gasteiger partial charge in [-0.05, 0) is 31.6 Å². The number of ether oxygens (including phenoxy) is 1. The average molecular weight is 156 g/mol. The molecular formula is C10H20O. The van der Waals surface area contributed by atoms with Gasteiger partial charge in [0.2, 0.25) is 0 Å². The van der Waals surface area contributed by atoms with Crippen molar-refractivity contribution in [1.82, 2.24) is 0 Å². The van der Waals surface area contributed by atoms with Crippen LogP contribution >= 0.6 is 0 Å². The smallest absolute Gasteiger partial charge is 0.0603 e. The summed E-state index contributed by atoms with van der Waals surface area (Å²) in [5.74, 6) is 1.87. The quantitative estimate of drug-likeness (QED) is 0.594. The highest BCUT2D eigenvalue weighted by atomic mass is 16.5. The van der Waals surface area contributed by atoms with Crippen molar-refractivity contribution in [1.29, 1.82) is 0 Å². The van der Waals surface area contributed by atoms with E-state index in [1.165, 1.54) is 19.3 Å². The molecule has 0 aromatic carbocycles. The zero-order valence-corrected chi connectivity index (χ0v) is 7.97. The van der Waals surface area contributed by atoms with E-state index < -0.39 is 0 Å². The van der Waals surface area contributed by atoms with Gasteiger partial charge >= 0.3 is 0 Å². The van der Waals surface area contributed by atoms with Gasteiger partial charge in [0.15, 0.2) is 0 Å². The summed E-state index contributed by atoms with van der Waals surface area (Å²) in [6.45, 7) is 7.48. The second kappa shape index (κ2) is 4.10. The van der Waals surface area contributed by atoms with E-state index in [2.05, 4.69) is 20.8 Å². The van der Waals surface area contributed by atoms with Crippen LogP contribution in [0, 0.1) is 11.8 Å². The van der Waals surface area contributed by atoms with Crippen molar-refractivity contribution >= 4 is 0 Å². The fourth-order valence-electron chi connectivity index (χ4n) is 1.95.